The maximum atomic E-state index is 14.3. The number of methoxy groups -OCH3 is 1. The Labute approximate surface area is 162 Å². The number of hydrogen-bond donors (Lipinski definition) is 0. The van der Waals surface area contributed by atoms with Gasteiger partial charge in [-0.15, -0.1) is 11.3 Å². The number of halogens is 1. The highest BCUT2D eigenvalue weighted by Crippen LogP contribution is 2.34. The van der Waals surface area contributed by atoms with E-state index < -0.39 is 9.84 Å². The van der Waals surface area contributed by atoms with Crippen molar-refractivity contribution in [2.45, 2.75) is 6.61 Å². The van der Waals surface area contributed by atoms with Gasteiger partial charge in [-0.2, -0.15) is 0 Å². The van der Waals surface area contributed by atoms with Crippen LogP contribution in [0.15, 0.2) is 18.2 Å². The van der Waals surface area contributed by atoms with Crippen LogP contribution in [0.4, 0.5) is 4.39 Å². The lowest BCUT2D eigenvalue weighted by Gasteiger charge is -2.34. The van der Waals surface area contributed by atoms with Crippen LogP contribution < -0.4 is 0 Å². The molecule has 0 N–H and O–H groups in total. The van der Waals surface area contributed by atoms with Crippen molar-refractivity contribution >= 4 is 37.2 Å². The molecule has 1 aliphatic heterocycles. The Hall–Kier alpha value is -1.55. The van der Waals surface area contributed by atoms with Gasteiger partial charge in [0, 0.05) is 61.7 Å². The minimum Gasteiger partial charge on any atom is -0.380 e. The van der Waals surface area contributed by atoms with E-state index in [-0.39, 0.29) is 24.1 Å². The first kappa shape index (κ1) is 20.2. The van der Waals surface area contributed by atoms with E-state index in [1.807, 2.05) is 11.0 Å². The van der Waals surface area contributed by atoms with E-state index >= 15 is 0 Å². The van der Waals surface area contributed by atoms with E-state index in [9.17, 15) is 17.6 Å². The van der Waals surface area contributed by atoms with Crippen LogP contribution in [0.2, 0.25) is 0 Å². The number of amides is 1. The molecule has 6 nitrogen and oxygen atoms in total. The van der Waals surface area contributed by atoms with Gasteiger partial charge >= 0.3 is 0 Å². The van der Waals surface area contributed by atoms with Crippen LogP contribution in [0.25, 0.3) is 10.1 Å². The van der Waals surface area contributed by atoms with Crippen molar-refractivity contribution in [1.29, 1.82) is 0 Å². The molecule has 1 aliphatic rings. The number of fused-ring (bicyclic) bond motifs is 1. The standard InChI is InChI=1S/C18H23FN2O4S2/c1-25-12-13-16-14(19)4-3-5-15(16)26-17(13)18(22)21-8-6-20(7-9-21)10-11-27(2,23)24/h3-5H,6-12H2,1-2H3. The van der Waals surface area contributed by atoms with Crippen LogP contribution >= 0.6 is 11.3 Å². The molecule has 3 rings (SSSR count). The van der Waals surface area contributed by atoms with Crippen LogP contribution in [-0.4, -0.2) is 76.0 Å². The number of thiophene rings is 1. The lowest BCUT2D eigenvalue weighted by Crippen LogP contribution is -2.49. The Kier molecular flexibility index (Phi) is 6.15. The molecule has 0 radical (unpaired) electrons. The molecule has 1 fully saturated rings. The van der Waals surface area contributed by atoms with Crippen molar-refractivity contribution in [3.05, 3.63) is 34.5 Å². The second-order valence-corrected chi connectivity index (χ2v) is 10.0. The Balaban J connectivity index is 1.75. The molecule has 0 unspecified atom stereocenters. The van der Waals surface area contributed by atoms with Crippen LogP contribution in [0, 0.1) is 5.82 Å². The van der Waals surface area contributed by atoms with E-state index in [0.717, 1.165) is 4.70 Å². The minimum absolute atomic E-state index is 0.120. The summed E-state index contributed by atoms with van der Waals surface area (Å²) < 4.78 is 42.9. The average molecular weight is 415 g/mol. The maximum absolute atomic E-state index is 14.3. The zero-order chi connectivity index (χ0) is 19.6. The van der Waals surface area contributed by atoms with Gasteiger partial charge in [0.2, 0.25) is 0 Å². The molecular formula is C18H23FN2O4S2. The average Bonchev–Trinajstić information content (AvgIpc) is 2.99. The van der Waals surface area contributed by atoms with Gasteiger partial charge in [-0.05, 0) is 12.1 Å². The highest BCUT2D eigenvalue weighted by Gasteiger charge is 2.27. The predicted molar refractivity (Wildman–Crippen MR) is 105 cm³/mol. The SMILES string of the molecule is COCc1c(C(=O)N2CCN(CCS(C)(=O)=O)CC2)sc2cccc(F)c12. The second kappa shape index (κ2) is 8.22. The van der Waals surface area contributed by atoms with E-state index in [2.05, 4.69) is 0 Å². The predicted octanol–water partition coefficient (Wildman–Crippen LogP) is 1.99. The fraction of sp³-hybridized carbons (Fsp3) is 0.500. The van der Waals surface area contributed by atoms with E-state index in [0.29, 0.717) is 48.6 Å². The highest BCUT2D eigenvalue weighted by atomic mass is 32.2. The molecule has 9 heteroatoms. The molecule has 2 aromatic rings. The van der Waals surface area contributed by atoms with Gasteiger partial charge in [0.1, 0.15) is 15.7 Å². The zero-order valence-corrected chi connectivity index (χ0v) is 17.0. The lowest BCUT2D eigenvalue weighted by molar-refractivity contribution is 0.0645. The molecular weight excluding hydrogens is 391 g/mol. The fourth-order valence-corrected chi connectivity index (χ4v) is 5.01. The third kappa shape index (κ3) is 4.66. The van der Waals surface area contributed by atoms with Crippen molar-refractivity contribution < 1.29 is 22.3 Å². The molecule has 0 saturated carbocycles. The lowest BCUT2D eigenvalue weighted by atomic mass is 10.1. The number of hydrogen-bond acceptors (Lipinski definition) is 6. The molecule has 148 valence electrons. The molecule has 1 amide bonds. The molecule has 0 spiro atoms. The monoisotopic (exact) mass is 414 g/mol. The molecule has 1 saturated heterocycles. The van der Waals surface area contributed by atoms with Crippen LogP contribution in [-0.2, 0) is 21.2 Å². The van der Waals surface area contributed by atoms with E-state index in [4.69, 9.17) is 4.74 Å². The van der Waals surface area contributed by atoms with Crippen molar-refractivity contribution in [2.75, 3.05) is 51.8 Å². The summed E-state index contributed by atoms with van der Waals surface area (Å²) in [5.41, 5.74) is 0.597. The molecule has 0 atom stereocenters. The Morgan fingerprint density at radius 2 is 1.96 bits per heavy atom. The Morgan fingerprint density at radius 1 is 1.26 bits per heavy atom. The summed E-state index contributed by atoms with van der Waals surface area (Å²) in [6.45, 7) is 2.94. The first-order valence-electron chi connectivity index (χ1n) is 8.68. The molecule has 0 aliphatic carbocycles. The number of benzene rings is 1. The van der Waals surface area contributed by atoms with Gasteiger partial charge in [0.15, 0.2) is 0 Å². The smallest absolute Gasteiger partial charge is 0.264 e. The number of sulfone groups is 1. The minimum atomic E-state index is -3.00. The van der Waals surface area contributed by atoms with Gasteiger partial charge in [-0.25, -0.2) is 12.8 Å². The molecule has 1 aromatic carbocycles. The third-order valence-corrected chi connectivity index (χ3v) is 6.79. The van der Waals surface area contributed by atoms with Gasteiger partial charge in [-0.3, -0.25) is 9.69 Å². The summed E-state index contributed by atoms with van der Waals surface area (Å²) in [5.74, 6) is -0.347. The quantitative estimate of drug-likeness (QED) is 0.723. The van der Waals surface area contributed by atoms with Crippen molar-refractivity contribution in [2.24, 2.45) is 0 Å². The number of piperazine rings is 1. The van der Waals surface area contributed by atoms with Crippen molar-refractivity contribution in [3.8, 4) is 0 Å². The number of ether oxygens (including phenoxy) is 1. The zero-order valence-electron chi connectivity index (χ0n) is 15.4. The molecule has 0 bridgehead atoms. The van der Waals surface area contributed by atoms with Gasteiger partial charge < -0.3 is 9.64 Å². The largest absolute Gasteiger partial charge is 0.380 e. The first-order valence-corrected chi connectivity index (χ1v) is 11.6. The number of carbonyl (C=O) groups excluding carboxylic acids is 1. The topological polar surface area (TPSA) is 66.9 Å². The van der Waals surface area contributed by atoms with E-state index in [1.165, 1.54) is 30.8 Å². The van der Waals surface area contributed by atoms with Gasteiger partial charge in [0.05, 0.1) is 17.2 Å². The van der Waals surface area contributed by atoms with Crippen LogP contribution in [0.1, 0.15) is 15.2 Å². The Morgan fingerprint density at radius 3 is 2.59 bits per heavy atom. The van der Waals surface area contributed by atoms with Crippen molar-refractivity contribution in [1.82, 2.24) is 9.80 Å². The normalized spacial score (nSPS) is 16.2. The molecule has 1 aromatic heterocycles. The van der Waals surface area contributed by atoms with Crippen molar-refractivity contribution in [3.63, 3.8) is 0 Å². The summed E-state index contributed by atoms with van der Waals surface area (Å²) >= 11 is 1.29. The summed E-state index contributed by atoms with van der Waals surface area (Å²) in [6, 6.07) is 4.84. The number of rotatable bonds is 6. The molecule has 27 heavy (non-hydrogen) atoms. The summed E-state index contributed by atoms with van der Waals surface area (Å²) in [6.07, 6.45) is 1.23. The fourth-order valence-electron chi connectivity index (χ4n) is 3.24. The summed E-state index contributed by atoms with van der Waals surface area (Å²) in [7, 11) is -1.47. The highest BCUT2D eigenvalue weighted by molar-refractivity contribution is 7.90. The molecule has 2 heterocycles. The van der Waals surface area contributed by atoms with Crippen LogP contribution in [0.5, 0.6) is 0 Å². The van der Waals surface area contributed by atoms with Gasteiger partial charge in [0.25, 0.3) is 5.91 Å². The summed E-state index contributed by atoms with van der Waals surface area (Å²) in [4.78, 5) is 17.4. The maximum Gasteiger partial charge on any atom is 0.264 e. The second-order valence-electron chi connectivity index (χ2n) is 6.72. The first-order chi connectivity index (χ1) is 12.8. The number of carbonyl (C=O) groups is 1. The van der Waals surface area contributed by atoms with E-state index in [1.54, 1.807) is 11.0 Å². The van der Waals surface area contributed by atoms with Crippen LogP contribution in [0.3, 0.4) is 0 Å². The third-order valence-electron chi connectivity index (χ3n) is 4.68. The summed E-state index contributed by atoms with van der Waals surface area (Å²) in [5, 5.41) is 0.458. The van der Waals surface area contributed by atoms with Gasteiger partial charge in [-0.1, -0.05) is 6.07 Å². The number of nitrogens with zero attached hydrogens (tertiary/aromatic N) is 2. The Bertz CT molecular complexity index is 934.